The van der Waals surface area contributed by atoms with Crippen molar-refractivity contribution in [2.45, 2.75) is 72.6 Å². The summed E-state index contributed by atoms with van der Waals surface area (Å²) in [6.45, 7) is 25.6. The highest BCUT2D eigenvalue weighted by atomic mass is 28.3. The maximum atomic E-state index is 3.98. The molecule has 0 saturated carbocycles. The van der Waals surface area contributed by atoms with E-state index in [1.165, 1.54) is 18.2 Å². The standard InChI is InChI=1S/C19H37NSi/c1-10-18(6)12-11-13-19(7)15-21(8,9)20(17(4)5)14-16(2)3/h10,13,16-17H,1,6,11-12,14-15H2,2-5,7-9H3/b19-13-. The van der Waals surface area contributed by atoms with Crippen molar-refractivity contribution in [2.24, 2.45) is 5.92 Å². The van der Waals surface area contributed by atoms with Crippen LogP contribution >= 0.6 is 0 Å². The van der Waals surface area contributed by atoms with Crippen molar-refractivity contribution >= 4 is 8.24 Å². The monoisotopic (exact) mass is 307 g/mol. The molecule has 0 amide bonds. The average molecular weight is 308 g/mol. The van der Waals surface area contributed by atoms with E-state index in [0.717, 1.165) is 24.3 Å². The Hall–Kier alpha value is -0.603. The minimum Gasteiger partial charge on any atom is -0.321 e. The van der Waals surface area contributed by atoms with Crippen molar-refractivity contribution in [1.29, 1.82) is 0 Å². The summed E-state index contributed by atoms with van der Waals surface area (Å²) < 4.78 is 2.78. The zero-order valence-corrected chi connectivity index (χ0v) is 16.5. The predicted octanol–water partition coefficient (Wildman–Crippen LogP) is 6.03. The van der Waals surface area contributed by atoms with Gasteiger partial charge in [-0.3, -0.25) is 0 Å². The van der Waals surface area contributed by atoms with Crippen LogP contribution in [0.3, 0.4) is 0 Å². The highest BCUT2D eigenvalue weighted by Gasteiger charge is 2.31. The van der Waals surface area contributed by atoms with Crippen molar-refractivity contribution in [3.63, 3.8) is 0 Å². The Morgan fingerprint density at radius 3 is 2.19 bits per heavy atom. The number of rotatable bonds is 10. The van der Waals surface area contributed by atoms with Crippen LogP contribution < -0.4 is 0 Å². The minimum absolute atomic E-state index is 0.641. The molecule has 0 aromatic heterocycles. The molecule has 0 aliphatic heterocycles. The van der Waals surface area contributed by atoms with Gasteiger partial charge >= 0.3 is 0 Å². The van der Waals surface area contributed by atoms with Gasteiger partial charge in [0.05, 0.1) is 0 Å². The summed E-state index contributed by atoms with van der Waals surface area (Å²) >= 11 is 0. The lowest BCUT2D eigenvalue weighted by Crippen LogP contribution is -2.53. The van der Waals surface area contributed by atoms with Crippen molar-refractivity contribution < 1.29 is 0 Å². The van der Waals surface area contributed by atoms with Gasteiger partial charge in [-0.1, -0.05) is 77.2 Å². The summed E-state index contributed by atoms with van der Waals surface area (Å²) in [6.07, 6.45) is 6.39. The van der Waals surface area contributed by atoms with Gasteiger partial charge in [0, 0.05) is 0 Å². The van der Waals surface area contributed by atoms with Gasteiger partial charge in [-0.05, 0) is 44.3 Å². The van der Waals surface area contributed by atoms with E-state index in [2.05, 4.69) is 71.5 Å². The Kier molecular flexibility index (Phi) is 9.15. The van der Waals surface area contributed by atoms with Crippen LogP contribution in [-0.2, 0) is 0 Å². The molecule has 0 aliphatic carbocycles. The molecule has 0 aromatic rings. The van der Waals surface area contributed by atoms with Crippen LogP contribution in [-0.4, -0.2) is 25.4 Å². The first-order valence-electron chi connectivity index (χ1n) is 8.32. The molecule has 2 heteroatoms. The summed E-state index contributed by atoms with van der Waals surface area (Å²) in [5.74, 6) is 0.736. The first kappa shape index (κ1) is 20.4. The first-order chi connectivity index (χ1) is 9.60. The van der Waals surface area contributed by atoms with Gasteiger partial charge in [0.25, 0.3) is 0 Å². The van der Waals surface area contributed by atoms with Gasteiger partial charge in [0.2, 0.25) is 0 Å². The molecule has 0 radical (unpaired) electrons. The summed E-state index contributed by atoms with van der Waals surface area (Å²) in [5, 5.41) is 0. The van der Waals surface area contributed by atoms with E-state index in [0.29, 0.717) is 6.04 Å². The van der Waals surface area contributed by atoms with Crippen LogP contribution in [0.25, 0.3) is 0 Å². The molecule has 0 atom stereocenters. The molecule has 122 valence electrons. The molecule has 0 unspecified atom stereocenters. The van der Waals surface area contributed by atoms with Crippen LogP contribution in [0.4, 0.5) is 0 Å². The largest absolute Gasteiger partial charge is 0.321 e. The van der Waals surface area contributed by atoms with Crippen molar-refractivity contribution in [3.05, 3.63) is 36.5 Å². The van der Waals surface area contributed by atoms with Gasteiger partial charge in [-0.2, -0.15) is 0 Å². The summed E-state index contributed by atoms with van der Waals surface area (Å²) in [4.78, 5) is 0. The second-order valence-corrected chi connectivity index (χ2v) is 12.1. The topological polar surface area (TPSA) is 3.24 Å². The highest BCUT2D eigenvalue weighted by molar-refractivity contribution is 6.75. The van der Waals surface area contributed by atoms with E-state index >= 15 is 0 Å². The van der Waals surface area contributed by atoms with Gasteiger partial charge in [-0.15, -0.1) is 0 Å². The Morgan fingerprint density at radius 1 is 1.19 bits per heavy atom. The number of hydrogen-bond donors (Lipinski definition) is 0. The van der Waals surface area contributed by atoms with Gasteiger partial charge in [-0.25, -0.2) is 0 Å². The molecule has 0 rings (SSSR count). The lowest BCUT2D eigenvalue weighted by atomic mass is 10.1. The molecule has 0 N–H and O–H groups in total. The zero-order valence-electron chi connectivity index (χ0n) is 15.5. The van der Waals surface area contributed by atoms with Gasteiger partial charge in [0.1, 0.15) is 8.24 Å². The SMILES string of the molecule is C=CC(=C)CC/C=C(/C)C[Si](C)(C)N(CC(C)C)C(C)C. The van der Waals surface area contributed by atoms with Gasteiger partial charge in [0.15, 0.2) is 0 Å². The van der Waals surface area contributed by atoms with Crippen LogP contribution in [0, 0.1) is 5.92 Å². The zero-order chi connectivity index (χ0) is 16.6. The Morgan fingerprint density at radius 2 is 1.76 bits per heavy atom. The average Bonchev–Trinajstić information content (AvgIpc) is 2.34. The number of allylic oxidation sites excluding steroid dienone is 4. The minimum atomic E-state index is -1.38. The highest BCUT2D eigenvalue weighted by Crippen LogP contribution is 2.24. The van der Waals surface area contributed by atoms with Crippen molar-refractivity contribution in [3.8, 4) is 0 Å². The third kappa shape index (κ3) is 8.42. The molecule has 0 bridgehead atoms. The van der Waals surface area contributed by atoms with Gasteiger partial charge < -0.3 is 4.57 Å². The Balaban J connectivity index is 4.70. The Labute approximate surface area is 134 Å². The Bertz CT molecular complexity index is 364. The molecule has 0 aromatic carbocycles. The van der Waals surface area contributed by atoms with E-state index in [1.807, 2.05) is 6.08 Å². The van der Waals surface area contributed by atoms with E-state index in [4.69, 9.17) is 0 Å². The maximum absolute atomic E-state index is 3.98. The van der Waals surface area contributed by atoms with E-state index < -0.39 is 8.24 Å². The fraction of sp³-hybridized carbons (Fsp3) is 0.684. The molecule has 0 saturated heterocycles. The quantitative estimate of drug-likeness (QED) is 0.271. The molecular formula is C19H37NSi. The fourth-order valence-corrected chi connectivity index (χ4v) is 6.98. The van der Waals surface area contributed by atoms with E-state index in [-0.39, 0.29) is 0 Å². The van der Waals surface area contributed by atoms with Crippen molar-refractivity contribution in [1.82, 2.24) is 4.57 Å². The van der Waals surface area contributed by atoms with E-state index in [9.17, 15) is 0 Å². The second kappa shape index (κ2) is 9.42. The molecule has 0 aliphatic rings. The summed E-state index contributed by atoms with van der Waals surface area (Å²) in [6, 6.07) is 1.90. The lowest BCUT2D eigenvalue weighted by Gasteiger charge is -2.41. The van der Waals surface area contributed by atoms with Crippen LogP contribution in [0.2, 0.25) is 19.1 Å². The molecule has 0 fully saturated rings. The number of hydrogen-bond acceptors (Lipinski definition) is 1. The fourth-order valence-electron chi connectivity index (χ4n) is 3.01. The van der Waals surface area contributed by atoms with Crippen LogP contribution in [0.5, 0.6) is 0 Å². The normalized spacial score (nSPS) is 13.3. The summed E-state index contributed by atoms with van der Waals surface area (Å²) in [5.41, 5.74) is 2.68. The van der Waals surface area contributed by atoms with Crippen LogP contribution in [0.1, 0.15) is 47.5 Å². The van der Waals surface area contributed by atoms with E-state index in [1.54, 1.807) is 0 Å². The maximum Gasteiger partial charge on any atom is 0.126 e. The number of nitrogens with zero attached hydrogens (tertiary/aromatic N) is 1. The second-order valence-electron chi connectivity index (χ2n) is 7.58. The lowest BCUT2D eigenvalue weighted by molar-refractivity contribution is 0.313. The first-order valence-corrected chi connectivity index (χ1v) is 11.5. The molecular weight excluding hydrogens is 270 g/mol. The predicted molar refractivity (Wildman–Crippen MR) is 101 cm³/mol. The smallest absolute Gasteiger partial charge is 0.126 e. The summed E-state index contributed by atoms with van der Waals surface area (Å²) in [7, 11) is -1.38. The molecule has 0 spiro atoms. The third-order valence-electron chi connectivity index (χ3n) is 3.92. The molecule has 21 heavy (non-hydrogen) atoms. The molecule has 0 heterocycles. The van der Waals surface area contributed by atoms with Crippen LogP contribution in [0.15, 0.2) is 36.5 Å². The third-order valence-corrected chi connectivity index (χ3v) is 7.60. The van der Waals surface area contributed by atoms with Crippen molar-refractivity contribution in [2.75, 3.05) is 6.54 Å². The molecule has 1 nitrogen and oxygen atoms in total.